The third-order valence-electron chi connectivity index (χ3n) is 3.75. The van der Waals surface area contributed by atoms with E-state index in [4.69, 9.17) is 0 Å². The summed E-state index contributed by atoms with van der Waals surface area (Å²) in [4.78, 5) is 11.8. The van der Waals surface area contributed by atoms with Crippen molar-refractivity contribution in [2.75, 3.05) is 25.9 Å². The Bertz CT molecular complexity index is 251. The molecule has 0 aromatic rings. The number of rotatable bonds is 4. The molecule has 2 rings (SSSR count). The molecule has 3 nitrogen and oxygen atoms in total. The van der Waals surface area contributed by atoms with Crippen LogP contribution in [0.15, 0.2) is 0 Å². The Balaban J connectivity index is 1.74. The van der Waals surface area contributed by atoms with Crippen molar-refractivity contribution in [2.45, 2.75) is 25.0 Å². The van der Waals surface area contributed by atoms with E-state index in [0.29, 0.717) is 16.6 Å². The van der Waals surface area contributed by atoms with Crippen molar-refractivity contribution >= 4 is 17.7 Å². The second-order valence-corrected chi connectivity index (χ2v) is 6.11. The molecular weight excluding hydrogens is 208 g/mol. The van der Waals surface area contributed by atoms with Gasteiger partial charge in [0.05, 0.1) is 0 Å². The first-order valence-corrected chi connectivity index (χ1v) is 6.98. The van der Waals surface area contributed by atoms with Crippen molar-refractivity contribution in [1.29, 1.82) is 0 Å². The van der Waals surface area contributed by atoms with Gasteiger partial charge in [0.25, 0.3) is 0 Å². The van der Waals surface area contributed by atoms with Gasteiger partial charge >= 0.3 is 0 Å². The first-order chi connectivity index (χ1) is 7.18. The molecule has 1 spiro atoms. The summed E-state index contributed by atoms with van der Waals surface area (Å²) in [6, 6.07) is 0. The highest BCUT2D eigenvalue weighted by Gasteiger charge is 2.58. The molecule has 1 aliphatic heterocycles. The molecule has 3 atom stereocenters. The molecule has 2 N–H and O–H groups in total. The fourth-order valence-electron chi connectivity index (χ4n) is 2.40. The van der Waals surface area contributed by atoms with E-state index in [1.165, 1.54) is 6.42 Å². The molecule has 2 fully saturated rings. The Kier molecular flexibility index (Phi) is 3.26. The standard InChI is InChI=1S/C11H20N2OS/c1-8(15-2)6-13-10(14)9-5-11(9)3-4-12-7-11/h8-9,12H,3-7H2,1-2H3,(H,13,14). The van der Waals surface area contributed by atoms with Gasteiger partial charge in [0.2, 0.25) is 5.91 Å². The molecule has 2 aliphatic rings. The van der Waals surface area contributed by atoms with Gasteiger partial charge in [-0.1, -0.05) is 6.92 Å². The SMILES string of the molecule is CSC(C)CNC(=O)C1CC12CCNC2. The molecule has 0 aromatic carbocycles. The Morgan fingerprint density at radius 1 is 1.73 bits per heavy atom. The summed E-state index contributed by atoms with van der Waals surface area (Å²) < 4.78 is 0. The van der Waals surface area contributed by atoms with Gasteiger partial charge in [0.1, 0.15) is 0 Å². The van der Waals surface area contributed by atoms with Gasteiger partial charge in [0, 0.05) is 24.3 Å². The molecule has 0 bridgehead atoms. The number of amides is 1. The molecule has 86 valence electrons. The van der Waals surface area contributed by atoms with Gasteiger partial charge in [-0.2, -0.15) is 11.8 Å². The van der Waals surface area contributed by atoms with Crippen LogP contribution < -0.4 is 10.6 Å². The number of carbonyl (C=O) groups excluding carboxylic acids is 1. The van der Waals surface area contributed by atoms with Crippen molar-refractivity contribution in [2.24, 2.45) is 11.3 Å². The molecular formula is C11H20N2OS. The van der Waals surface area contributed by atoms with E-state index in [9.17, 15) is 4.79 Å². The van der Waals surface area contributed by atoms with Crippen LogP contribution in [0.4, 0.5) is 0 Å². The highest BCUT2D eigenvalue weighted by atomic mass is 32.2. The monoisotopic (exact) mass is 228 g/mol. The van der Waals surface area contributed by atoms with E-state index >= 15 is 0 Å². The normalized spacial score (nSPS) is 35.5. The van der Waals surface area contributed by atoms with Gasteiger partial charge in [-0.25, -0.2) is 0 Å². The first-order valence-electron chi connectivity index (χ1n) is 5.69. The van der Waals surface area contributed by atoms with Crippen LogP contribution in [-0.2, 0) is 4.79 Å². The van der Waals surface area contributed by atoms with E-state index in [-0.39, 0.29) is 5.91 Å². The average molecular weight is 228 g/mol. The second-order valence-electron chi connectivity index (χ2n) is 4.84. The maximum absolute atomic E-state index is 11.8. The van der Waals surface area contributed by atoms with E-state index in [1.54, 1.807) is 11.8 Å². The van der Waals surface area contributed by atoms with Crippen molar-refractivity contribution in [1.82, 2.24) is 10.6 Å². The van der Waals surface area contributed by atoms with Gasteiger partial charge in [-0.05, 0) is 31.1 Å². The molecule has 0 radical (unpaired) electrons. The number of thioether (sulfide) groups is 1. The molecule has 3 unspecified atom stereocenters. The maximum atomic E-state index is 11.8. The molecule has 1 heterocycles. The third-order valence-corrected chi connectivity index (χ3v) is 4.72. The highest BCUT2D eigenvalue weighted by Crippen LogP contribution is 2.56. The van der Waals surface area contributed by atoms with E-state index < -0.39 is 0 Å². The number of hydrogen-bond acceptors (Lipinski definition) is 3. The predicted octanol–water partition coefficient (Wildman–Crippen LogP) is 0.854. The van der Waals surface area contributed by atoms with Crippen LogP contribution in [0.1, 0.15) is 19.8 Å². The zero-order valence-corrected chi connectivity index (χ0v) is 10.3. The Morgan fingerprint density at radius 2 is 2.53 bits per heavy atom. The van der Waals surface area contributed by atoms with Gasteiger partial charge in [-0.3, -0.25) is 4.79 Å². The van der Waals surface area contributed by atoms with Gasteiger partial charge < -0.3 is 10.6 Å². The van der Waals surface area contributed by atoms with Crippen LogP contribution in [0.25, 0.3) is 0 Å². The minimum absolute atomic E-state index is 0.277. The third kappa shape index (κ3) is 2.31. The molecule has 1 saturated heterocycles. The minimum atomic E-state index is 0.277. The molecule has 15 heavy (non-hydrogen) atoms. The lowest BCUT2D eigenvalue weighted by molar-refractivity contribution is -0.123. The van der Waals surface area contributed by atoms with E-state index in [0.717, 1.165) is 26.1 Å². The summed E-state index contributed by atoms with van der Waals surface area (Å²) >= 11 is 1.80. The Labute approximate surface area is 95.8 Å². The minimum Gasteiger partial charge on any atom is -0.355 e. The van der Waals surface area contributed by atoms with Crippen LogP contribution in [0.3, 0.4) is 0 Å². The fraction of sp³-hybridized carbons (Fsp3) is 0.909. The summed E-state index contributed by atoms with van der Waals surface area (Å²) in [7, 11) is 0. The van der Waals surface area contributed by atoms with E-state index in [2.05, 4.69) is 23.8 Å². The van der Waals surface area contributed by atoms with Crippen LogP contribution in [-0.4, -0.2) is 37.0 Å². The molecule has 0 aromatic heterocycles. The van der Waals surface area contributed by atoms with Crippen molar-refractivity contribution in [3.63, 3.8) is 0 Å². The van der Waals surface area contributed by atoms with Crippen molar-refractivity contribution < 1.29 is 4.79 Å². The number of nitrogens with one attached hydrogen (secondary N) is 2. The number of carbonyl (C=O) groups is 1. The molecule has 4 heteroatoms. The summed E-state index contributed by atoms with van der Waals surface area (Å²) in [6.07, 6.45) is 4.36. The van der Waals surface area contributed by atoms with E-state index in [1.807, 2.05) is 0 Å². The Hall–Kier alpha value is -0.220. The highest BCUT2D eigenvalue weighted by molar-refractivity contribution is 7.99. The Morgan fingerprint density at radius 3 is 3.13 bits per heavy atom. The quantitative estimate of drug-likeness (QED) is 0.749. The summed E-state index contributed by atoms with van der Waals surface area (Å²) in [6.45, 7) is 5.08. The smallest absolute Gasteiger partial charge is 0.223 e. The summed E-state index contributed by atoms with van der Waals surface area (Å²) in [5.74, 6) is 0.571. The average Bonchev–Trinajstić information content (AvgIpc) is 2.73. The lowest BCUT2D eigenvalue weighted by Gasteiger charge is -2.11. The van der Waals surface area contributed by atoms with Gasteiger partial charge in [-0.15, -0.1) is 0 Å². The molecule has 1 aliphatic carbocycles. The number of hydrogen-bond donors (Lipinski definition) is 2. The second kappa shape index (κ2) is 4.34. The van der Waals surface area contributed by atoms with Crippen molar-refractivity contribution in [3.05, 3.63) is 0 Å². The van der Waals surface area contributed by atoms with Gasteiger partial charge in [0.15, 0.2) is 0 Å². The zero-order chi connectivity index (χ0) is 10.9. The zero-order valence-electron chi connectivity index (χ0n) is 9.51. The lowest BCUT2D eigenvalue weighted by Crippen LogP contribution is -2.32. The maximum Gasteiger partial charge on any atom is 0.223 e. The predicted molar refractivity (Wildman–Crippen MR) is 64.0 cm³/mol. The largest absolute Gasteiger partial charge is 0.355 e. The fourth-order valence-corrected chi connectivity index (χ4v) is 2.65. The summed E-state index contributed by atoms with van der Waals surface area (Å²) in [5, 5.41) is 6.93. The lowest BCUT2D eigenvalue weighted by atomic mass is 10.0. The topological polar surface area (TPSA) is 41.1 Å². The van der Waals surface area contributed by atoms with Crippen LogP contribution in [0.2, 0.25) is 0 Å². The van der Waals surface area contributed by atoms with Crippen molar-refractivity contribution in [3.8, 4) is 0 Å². The van der Waals surface area contributed by atoms with Crippen LogP contribution >= 0.6 is 11.8 Å². The van der Waals surface area contributed by atoms with Crippen LogP contribution in [0, 0.1) is 11.3 Å². The molecule has 1 saturated carbocycles. The molecule has 1 amide bonds. The summed E-state index contributed by atoms with van der Waals surface area (Å²) in [5.41, 5.74) is 0.340. The van der Waals surface area contributed by atoms with Crippen LogP contribution in [0.5, 0.6) is 0 Å². The first kappa shape index (κ1) is 11.3.